The Morgan fingerprint density at radius 3 is 2.85 bits per heavy atom. The van der Waals surface area contributed by atoms with Crippen LogP contribution in [0.5, 0.6) is 0 Å². The zero-order valence-corrected chi connectivity index (χ0v) is 12.8. The summed E-state index contributed by atoms with van der Waals surface area (Å²) in [5.41, 5.74) is 5.92. The molecule has 0 radical (unpaired) electrons. The molecule has 1 fully saturated rings. The number of carbonyl (C=O) groups excluding carboxylic acids is 1. The molecule has 1 aromatic heterocycles. The van der Waals surface area contributed by atoms with E-state index in [1.807, 2.05) is 12.1 Å². The van der Waals surface area contributed by atoms with E-state index < -0.39 is 6.04 Å². The number of unbranched alkanes of at least 4 members (excludes halogenated alkanes) is 1. The van der Waals surface area contributed by atoms with Gasteiger partial charge in [0.1, 0.15) is 11.5 Å². The summed E-state index contributed by atoms with van der Waals surface area (Å²) in [5.74, 6) is 3.21. The number of hydrogen-bond acceptors (Lipinski definition) is 3. The van der Waals surface area contributed by atoms with Crippen molar-refractivity contribution in [1.82, 2.24) is 4.90 Å². The van der Waals surface area contributed by atoms with Gasteiger partial charge in [-0.05, 0) is 30.9 Å². The van der Waals surface area contributed by atoms with Crippen LogP contribution in [0.4, 0.5) is 0 Å². The van der Waals surface area contributed by atoms with Gasteiger partial charge in [0, 0.05) is 13.0 Å². The summed E-state index contributed by atoms with van der Waals surface area (Å²) in [4.78, 5) is 13.8. The third-order valence-electron chi connectivity index (χ3n) is 4.11. The second kappa shape index (κ2) is 6.44. The van der Waals surface area contributed by atoms with Gasteiger partial charge in [-0.2, -0.15) is 0 Å². The van der Waals surface area contributed by atoms with Crippen LogP contribution in [-0.4, -0.2) is 23.9 Å². The van der Waals surface area contributed by atoms with Gasteiger partial charge >= 0.3 is 0 Å². The van der Waals surface area contributed by atoms with E-state index in [-0.39, 0.29) is 5.91 Å². The van der Waals surface area contributed by atoms with Gasteiger partial charge in [0.25, 0.3) is 0 Å². The van der Waals surface area contributed by atoms with Gasteiger partial charge < -0.3 is 15.1 Å². The Labute approximate surface area is 121 Å². The molecule has 0 bridgehead atoms. The number of rotatable bonds is 7. The minimum atomic E-state index is -0.391. The maximum atomic E-state index is 12.1. The molecule has 4 heteroatoms. The molecule has 0 spiro atoms. The molecule has 1 amide bonds. The maximum Gasteiger partial charge on any atom is 0.239 e. The lowest BCUT2D eigenvalue weighted by atomic mass is 10.1. The van der Waals surface area contributed by atoms with E-state index in [4.69, 9.17) is 10.2 Å². The highest BCUT2D eigenvalue weighted by Crippen LogP contribution is 2.47. The number of likely N-dealkylation sites (N-methyl/N-ethyl adjacent to an activating group) is 1. The summed E-state index contributed by atoms with van der Waals surface area (Å²) < 4.78 is 5.82. The number of furan rings is 1. The molecule has 1 heterocycles. The first-order valence-corrected chi connectivity index (χ1v) is 7.62. The Morgan fingerprint density at radius 2 is 2.25 bits per heavy atom. The first-order chi connectivity index (χ1) is 9.52. The van der Waals surface area contributed by atoms with Crippen molar-refractivity contribution in [1.29, 1.82) is 0 Å². The molecular weight excluding hydrogens is 252 g/mol. The SMILES string of the molecule is CCCC[C@H](N)C(=O)N(C)Cc1ccc(C2CC2C)o1. The van der Waals surface area contributed by atoms with Gasteiger partial charge in [0.05, 0.1) is 12.6 Å². The van der Waals surface area contributed by atoms with Crippen LogP contribution in [0.15, 0.2) is 16.5 Å². The van der Waals surface area contributed by atoms with E-state index in [9.17, 15) is 4.79 Å². The van der Waals surface area contributed by atoms with Crippen molar-refractivity contribution in [3.05, 3.63) is 23.7 Å². The van der Waals surface area contributed by atoms with Crippen LogP contribution < -0.4 is 5.73 Å². The van der Waals surface area contributed by atoms with Gasteiger partial charge in [0.15, 0.2) is 0 Å². The van der Waals surface area contributed by atoms with E-state index in [1.54, 1.807) is 11.9 Å². The summed E-state index contributed by atoms with van der Waals surface area (Å²) in [6, 6.07) is 3.62. The van der Waals surface area contributed by atoms with Crippen molar-refractivity contribution in [2.75, 3.05) is 7.05 Å². The minimum absolute atomic E-state index is 0.00353. The normalized spacial score (nSPS) is 22.6. The fourth-order valence-corrected chi connectivity index (χ4v) is 2.54. The molecule has 1 aliphatic carbocycles. The predicted molar refractivity (Wildman–Crippen MR) is 79.2 cm³/mol. The third kappa shape index (κ3) is 3.63. The molecule has 0 aromatic carbocycles. The summed E-state index contributed by atoms with van der Waals surface area (Å²) >= 11 is 0. The van der Waals surface area contributed by atoms with Crippen LogP contribution in [0.3, 0.4) is 0 Å². The Morgan fingerprint density at radius 1 is 1.55 bits per heavy atom. The van der Waals surface area contributed by atoms with Crippen molar-refractivity contribution in [3.8, 4) is 0 Å². The van der Waals surface area contributed by atoms with E-state index in [0.717, 1.165) is 36.7 Å². The van der Waals surface area contributed by atoms with Gasteiger partial charge in [-0.25, -0.2) is 0 Å². The average molecular weight is 278 g/mol. The van der Waals surface area contributed by atoms with Crippen molar-refractivity contribution < 1.29 is 9.21 Å². The smallest absolute Gasteiger partial charge is 0.239 e. The van der Waals surface area contributed by atoms with E-state index in [2.05, 4.69) is 13.8 Å². The van der Waals surface area contributed by atoms with Crippen molar-refractivity contribution >= 4 is 5.91 Å². The highest BCUT2D eigenvalue weighted by molar-refractivity contribution is 5.81. The lowest BCUT2D eigenvalue weighted by Crippen LogP contribution is -2.41. The number of hydrogen-bond donors (Lipinski definition) is 1. The molecule has 2 N–H and O–H groups in total. The molecular formula is C16H26N2O2. The Balaban J connectivity index is 1.85. The van der Waals surface area contributed by atoms with Gasteiger partial charge in [-0.15, -0.1) is 0 Å². The Bertz CT molecular complexity index is 455. The second-order valence-corrected chi connectivity index (χ2v) is 6.07. The zero-order valence-electron chi connectivity index (χ0n) is 12.8. The number of carbonyl (C=O) groups is 1. The van der Waals surface area contributed by atoms with Crippen LogP contribution >= 0.6 is 0 Å². The topological polar surface area (TPSA) is 59.5 Å². The van der Waals surface area contributed by atoms with Crippen LogP contribution in [0.2, 0.25) is 0 Å². The van der Waals surface area contributed by atoms with Gasteiger partial charge in [-0.3, -0.25) is 4.79 Å². The Hall–Kier alpha value is -1.29. The molecule has 20 heavy (non-hydrogen) atoms. The molecule has 112 valence electrons. The standard InChI is InChI=1S/C16H26N2O2/c1-4-5-6-14(17)16(19)18(3)10-12-7-8-15(20-12)13-9-11(13)2/h7-8,11,13-14H,4-6,9-10,17H2,1-3H3/t11?,13?,14-/m0/s1. The summed E-state index contributed by atoms with van der Waals surface area (Å²) in [6.45, 7) is 4.83. The van der Waals surface area contributed by atoms with Crippen molar-refractivity contribution in [2.24, 2.45) is 11.7 Å². The summed E-state index contributed by atoms with van der Waals surface area (Å²) in [6.07, 6.45) is 4.02. The number of amides is 1. The predicted octanol–water partition coefficient (Wildman–Crippen LogP) is 2.88. The lowest BCUT2D eigenvalue weighted by Gasteiger charge is -2.20. The van der Waals surface area contributed by atoms with Crippen LogP contribution in [-0.2, 0) is 11.3 Å². The average Bonchev–Trinajstić information content (AvgIpc) is 2.98. The fourth-order valence-electron chi connectivity index (χ4n) is 2.54. The Kier molecular flexibility index (Phi) is 4.86. The molecule has 2 rings (SSSR count). The van der Waals surface area contributed by atoms with Crippen molar-refractivity contribution in [2.45, 2.75) is 58.0 Å². The number of nitrogens with zero attached hydrogens (tertiary/aromatic N) is 1. The molecule has 3 atom stereocenters. The van der Waals surface area contributed by atoms with E-state index >= 15 is 0 Å². The van der Waals surface area contributed by atoms with Crippen LogP contribution in [0.25, 0.3) is 0 Å². The van der Waals surface area contributed by atoms with Crippen LogP contribution in [0, 0.1) is 5.92 Å². The quantitative estimate of drug-likeness (QED) is 0.834. The maximum absolute atomic E-state index is 12.1. The first-order valence-electron chi connectivity index (χ1n) is 7.62. The second-order valence-electron chi connectivity index (χ2n) is 6.07. The molecule has 0 saturated heterocycles. The summed E-state index contributed by atoms with van der Waals surface area (Å²) in [7, 11) is 1.79. The molecule has 1 aliphatic rings. The molecule has 1 saturated carbocycles. The molecule has 1 aromatic rings. The molecule has 2 unspecified atom stereocenters. The third-order valence-corrected chi connectivity index (χ3v) is 4.11. The van der Waals surface area contributed by atoms with E-state index in [0.29, 0.717) is 12.5 Å². The largest absolute Gasteiger partial charge is 0.464 e. The molecule has 0 aliphatic heterocycles. The number of nitrogens with two attached hydrogens (primary N) is 1. The first kappa shape index (κ1) is 15.1. The fraction of sp³-hybridized carbons (Fsp3) is 0.688. The highest BCUT2D eigenvalue weighted by Gasteiger charge is 2.36. The van der Waals surface area contributed by atoms with Crippen molar-refractivity contribution in [3.63, 3.8) is 0 Å². The highest BCUT2D eigenvalue weighted by atomic mass is 16.3. The molecule has 4 nitrogen and oxygen atoms in total. The van der Waals surface area contributed by atoms with Gasteiger partial charge in [-0.1, -0.05) is 26.7 Å². The zero-order chi connectivity index (χ0) is 14.7. The monoisotopic (exact) mass is 278 g/mol. The minimum Gasteiger partial charge on any atom is -0.464 e. The lowest BCUT2D eigenvalue weighted by molar-refractivity contribution is -0.132. The van der Waals surface area contributed by atoms with Crippen LogP contribution in [0.1, 0.15) is 57.0 Å². The van der Waals surface area contributed by atoms with E-state index in [1.165, 1.54) is 6.42 Å². The van der Waals surface area contributed by atoms with Gasteiger partial charge in [0.2, 0.25) is 5.91 Å². The summed E-state index contributed by atoms with van der Waals surface area (Å²) in [5, 5.41) is 0.